The lowest BCUT2D eigenvalue weighted by molar-refractivity contribution is 0.464. The van der Waals surface area contributed by atoms with Crippen molar-refractivity contribution in [2.45, 2.75) is 17.9 Å². The number of sulfonamides is 1. The highest BCUT2D eigenvalue weighted by Gasteiger charge is 2.36. The summed E-state index contributed by atoms with van der Waals surface area (Å²) >= 11 is 11.8. The molecule has 2 N–H and O–H groups in total. The Morgan fingerprint density at radius 2 is 2.00 bits per heavy atom. The molecule has 0 spiro atoms. The van der Waals surface area contributed by atoms with Crippen LogP contribution in [0.4, 0.5) is 0 Å². The molecule has 0 aliphatic carbocycles. The molecule has 100 valence electrons. The molecule has 1 aromatic rings. The van der Waals surface area contributed by atoms with Gasteiger partial charge < -0.3 is 5.73 Å². The maximum absolute atomic E-state index is 12.4. The molecule has 2 unspecified atom stereocenters. The fourth-order valence-corrected chi connectivity index (χ4v) is 4.27. The predicted octanol–water partition coefficient (Wildman–Crippen LogP) is 1.96. The minimum Gasteiger partial charge on any atom is -0.326 e. The molecule has 1 saturated heterocycles. The van der Waals surface area contributed by atoms with Gasteiger partial charge in [0.05, 0.1) is 5.02 Å². The van der Waals surface area contributed by atoms with Gasteiger partial charge in [-0.1, -0.05) is 30.1 Å². The second-order valence-corrected chi connectivity index (χ2v) is 7.29. The molecule has 0 amide bonds. The number of hydrogen-bond acceptors (Lipinski definition) is 3. The maximum atomic E-state index is 12.4. The predicted molar refractivity (Wildman–Crippen MR) is 72.4 cm³/mol. The highest BCUT2D eigenvalue weighted by Crippen LogP contribution is 2.30. The molecule has 7 heteroatoms. The third kappa shape index (κ3) is 2.51. The Kier molecular flexibility index (Phi) is 3.90. The molecule has 0 aromatic heterocycles. The molecule has 1 aliphatic heterocycles. The van der Waals surface area contributed by atoms with Gasteiger partial charge in [0.1, 0.15) is 4.90 Å². The van der Waals surface area contributed by atoms with E-state index in [9.17, 15) is 8.42 Å². The van der Waals surface area contributed by atoms with Gasteiger partial charge in [0.15, 0.2) is 0 Å². The van der Waals surface area contributed by atoms with Crippen LogP contribution in [0.15, 0.2) is 23.1 Å². The van der Waals surface area contributed by atoms with Crippen molar-refractivity contribution in [2.24, 2.45) is 11.7 Å². The van der Waals surface area contributed by atoms with Crippen LogP contribution in [0, 0.1) is 5.92 Å². The van der Waals surface area contributed by atoms with Crippen LogP contribution in [0.1, 0.15) is 6.92 Å². The van der Waals surface area contributed by atoms with Gasteiger partial charge in [-0.15, -0.1) is 0 Å². The summed E-state index contributed by atoms with van der Waals surface area (Å²) in [4.78, 5) is 0.0398. The Morgan fingerprint density at radius 1 is 1.33 bits per heavy atom. The molecule has 18 heavy (non-hydrogen) atoms. The van der Waals surface area contributed by atoms with Gasteiger partial charge in [-0.05, 0) is 24.1 Å². The summed E-state index contributed by atoms with van der Waals surface area (Å²) in [5.74, 6) is 0.137. The van der Waals surface area contributed by atoms with Crippen molar-refractivity contribution < 1.29 is 8.42 Å². The van der Waals surface area contributed by atoms with Crippen LogP contribution >= 0.6 is 23.2 Å². The first kappa shape index (κ1) is 14.1. The molecular weight excluding hydrogens is 295 g/mol. The fourth-order valence-electron chi connectivity index (χ4n) is 1.96. The first-order valence-electron chi connectivity index (χ1n) is 5.53. The van der Waals surface area contributed by atoms with Crippen LogP contribution in [-0.4, -0.2) is 31.9 Å². The standard InChI is InChI=1S/C11H14Cl2N2O2S/c1-7-5-15(6-10(7)14)18(16,17)11-4-8(12)2-3-9(11)13/h2-4,7,10H,5-6,14H2,1H3. The average Bonchev–Trinajstić information content (AvgIpc) is 2.63. The van der Waals surface area contributed by atoms with E-state index in [1.54, 1.807) is 6.07 Å². The second kappa shape index (κ2) is 4.98. The van der Waals surface area contributed by atoms with Crippen molar-refractivity contribution in [3.8, 4) is 0 Å². The highest BCUT2D eigenvalue weighted by molar-refractivity contribution is 7.89. The summed E-state index contributed by atoms with van der Waals surface area (Å²) in [5.41, 5.74) is 5.85. The minimum absolute atomic E-state index is 0.0398. The molecule has 0 bridgehead atoms. The monoisotopic (exact) mass is 308 g/mol. The number of hydrogen-bond donors (Lipinski definition) is 1. The molecule has 2 atom stereocenters. The smallest absolute Gasteiger partial charge is 0.244 e. The fraction of sp³-hybridized carbons (Fsp3) is 0.455. The largest absolute Gasteiger partial charge is 0.326 e. The van der Waals surface area contributed by atoms with Crippen LogP contribution in [0.3, 0.4) is 0 Å². The zero-order valence-electron chi connectivity index (χ0n) is 9.81. The minimum atomic E-state index is -3.62. The van der Waals surface area contributed by atoms with Gasteiger partial charge >= 0.3 is 0 Å². The van der Waals surface area contributed by atoms with E-state index < -0.39 is 10.0 Å². The first-order chi connectivity index (χ1) is 8.32. The lowest BCUT2D eigenvalue weighted by atomic mass is 10.1. The number of nitrogens with zero attached hydrogens (tertiary/aromatic N) is 1. The van der Waals surface area contributed by atoms with Crippen LogP contribution in [0.5, 0.6) is 0 Å². The Hall–Kier alpha value is -0.330. The van der Waals surface area contributed by atoms with Gasteiger partial charge in [-0.2, -0.15) is 4.31 Å². The molecule has 1 fully saturated rings. The van der Waals surface area contributed by atoms with Crippen molar-refractivity contribution >= 4 is 33.2 Å². The Morgan fingerprint density at radius 3 is 2.56 bits per heavy atom. The van der Waals surface area contributed by atoms with Crippen molar-refractivity contribution in [2.75, 3.05) is 13.1 Å². The van der Waals surface area contributed by atoms with E-state index in [4.69, 9.17) is 28.9 Å². The SMILES string of the molecule is CC1CN(S(=O)(=O)c2cc(Cl)ccc2Cl)CC1N. The summed E-state index contributed by atoms with van der Waals surface area (Å²) < 4.78 is 26.2. The maximum Gasteiger partial charge on any atom is 0.244 e. The number of benzene rings is 1. The van der Waals surface area contributed by atoms with Gasteiger partial charge in [-0.25, -0.2) is 8.42 Å². The summed E-state index contributed by atoms with van der Waals surface area (Å²) in [6, 6.07) is 4.27. The third-order valence-corrected chi connectivity index (χ3v) is 5.70. The normalized spacial score (nSPS) is 25.6. The van der Waals surface area contributed by atoms with Crippen molar-refractivity contribution in [1.29, 1.82) is 0 Å². The van der Waals surface area contributed by atoms with Crippen LogP contribution < -0.4 is 5.73 Å². The van der Waals surface area contributed by atoms with Crippen LogP contribution in [-0.2, 0) is 10.0 Å². The third-order valence-electron chi connectivity index (χ3n) is 3.15. The Labute approximate surface area is 117 Å². The van der Waals surface area contributed by atoms with Crippen molar-refractivity contribution in [3.05, 3.63) is 28.2 Å². The highest BCUT2D eigenvalue weighted by atomic mass is 35.5. The Balaban J connectivity index is 2.40. The molecule has 1 aliphatic rings. The summed E-state index contributed by atoms with van der Waals surface area (Å²) in [7, 11) is -3.62. The van der Waals surface area contributed by atoms with Crippen LogP contribution in [0.25, 0.3) is 0 Å². The van der Waals surface area contributed by atoms with Gasteiger partial charge in [-0.3, -0.25) is 0 Å². The lowest BCUT2D eigenvalue weighted by Crippen LogP contribution is -2.32. The number of rotatable bonds is 2. The van der Waals surface area contributed by atoms with E-state index in [1.165, 1.54) is 16.4 Å². The quantitative estimate of drug-likeness (QED) is 0.908. The van der Waals surface area contributed by atoms with E-state index in [0.717, 1.165) is 0 Å². The van der Waals surface area contributed by atoms with Gasteiger partial charge in [0.25, 0.3) is 0 Å². The van der Waals surface area contributed by atoms with Crippen LogP contribution in [0.2, 0.25) is 10.0 Å². The van der Waals surface area contributed by atoms with E-state index in [-0.39, 0.29) is 21.9 Å². The molecule has 4 nitrogen and oxygen atoms in total. The van der Waals surface area contributed by atoms with E-state index in [1.807, 2.05) is 6.92 Å². The molecule has 1 heterocycles. The van der Waals surface area contributed by atoms with Crippen molar-refractivity contribution in [3.63, 3.8) is 0 Å². The molecule has 0 saturated carbocycles. The lowest BCUT2D eigenvalue weighted by Gasteiger charge is -2.17. The summed E-state index contributed by atoms with van der Waals surface area (Å²) in [5, 5.41) is 0.516. The number of nitrogens with two attached hydrogens (primary N) is 1. The van der Waals surface area contributed by atoms with E-state index in [0.29, 0.717) is 18.1 Å². The average molecular weight is 309 g/mol. The summed E-state index contributed by atoms with van der Waals surface area (Å²) in [6.45, 7) is 2.65. The zero-order valence-corrected chi connectivity index (χ0v) is 12.1. The van der Waals surface area contributed by atoms with E-state index >= 15 is 0 Å². The first-order valence-corrected chi connectivity index (χ1v) is 7.72. The number of halogens is 2. The molecule has 2 rings (SSSR count). The van der Waals surface area contributed by atoms with E-state index in [2.05, 4.69) is 0 Å². The summed E-state index contributed by atoms with van der Waals surface area (Å²) in [6.07, 6.45) is 0. The Bertz CT molecular complexity index is 552. The second-order valence-electron chi connectivity index (χ2n) is 4.54. The molecule has 1 aromatic carbocycles. The van der Waals surface area contributed by atoms with Gasteiger partial charge in [0, 0.05) is 24.2 Å². The van der Waals surface area contributed by atoms with Gasteiger partial charge in [0.2, 0.25) is 10.0 Å². The zero-order chi connectivity index (χ0) is 13.5. The van der Waals surface area contributed by atoms with Crippen molar-refractivity contribution in [1.82, 2.24) is 4.31 Å². The molecule has 0 radical (unpaired) electrons. The molecular formula is C11H14Cl2N2O2S. The topological polar surface area (TPSA) is 63.4 Å².